The van der Waals surface area contributed by atoms with Gasteiger partial charge in [-0.25, -0.2) is 0 Å². The minimum atomic E-state index is 0.630. The van der Waals surface area contributed by atoms with Gasteiger partial charge in [-0.1, -0.05) is 19.9 Å². The first-order chi connectivity index (χ1) is 9.22. The van der Waals surface area contributed by atoms with Gasteiger partial charge in [-0.05, 0) is 24.6 Å². The molecule has 108 valence electrons. The summed E-state index contributed by atoms with van der Waals surface area (Å²) in [5.41, 5.74) is 1.74. The Labute approximate surface area is 115 Å². The van der Waals surface area contributed by atoms with E-state index in [0.717, 1.165) is 10.7 Å². The Morgan fingerprint density at radius 2 is 1.89 bits per heavy atom. The Morgan fingerprint density at radius 3 is 2.47 bits per heavy atom. The average molecular weight is 268 g/mol. The highest BCUT2D eigenvalue weighted by molar-refractivity contribution is 5.57. The van der Waals surface area contributed by atoms with Crippen molar-refractivity contribution >= 4 is 5.69 Å². The first-order valence-corrected chi connectivity index (χ1v) is 6.68. The van der Waals surface area contributed by atoms with Crippen LogP contribution < -0.4 is 9.91 Å². The van der Waals surface area contributed by atoms with Gasteiger partial charge in [0.05, 0.1) is 20.3 Å². The van der Waals surface area contributed by atoms with E-state index in [1.165, 1.54) is 0 Å². The number of aryl methyl sites for hydroxylation is 1. The molecule has 1 N–H and O–H groups in total. The zero-order valence-electron chi connectivity index (χ0n) is 12.2. The number of anilines is 1. The molecule has 0 saturated carbocycles. The van der Waals surface area contributed by atoms with Crippen molar-refractivity contribution in [2.24, 2.45) is 0 Å². The molecule has 1 aliphatic rings. The summed E-state index contributed by atoms with van der Waals surface area (Å²) < 4.78 is 10.5. The minimum absolute atomic E-state index is 0.630. The number of benzene rings is 1. The van der Waals surface area contributed by atoms with Crippen LogP contribution >= 0.6 is 0 Å². The molecule has 1 fully saturated rings. The first kappa shape index (κ1) is 15.8. The molecule has 1 aromatic carbocycles. The Balaban J connectivity index is 0.000000861. The maximum atomic E-state index is 10.2. The number of hydrogen-bond donors (Lipinski definition) is 1. The van der Waals surface area contributed by atoms with E-state index in [1.54, 1.807) is 7.11 Å². The summed E-state index contributed by atoms with van der Waals surface area (Å²) in [6.07, 6.45) is 0. The topological polar surface area (TPSA) is 45.2 Å². The lowest BCUT2D eigenvalue weighted by Crippen LogP contribution is -2.47. The van der Waals surface area contributed by atoms with E-state index in [4.69, 9.17) is 9.47 Å². The summed E-state index contributed by atoms with van der Waals surface area (Å²) in [5, 5.41) is 13.2. The van der Waals surface area contributed by atoms with Crippen molar-refractivity contribution in [2.75, 3.05) is 38.6 Å². The fourth-order valence-corrected chi connectivity index (χ4v) is 1.85. The third-order valence-electron chi connectivity index (χ3n) is 2.81. The lowest BCUT2D eigenvalue weighted by molar-refractivity contribution is -0.0233. The van der Waals surface area contributed by atoms with Gasteiger partial charge in [0.2, 0.25) is 0 Å². The monoisotopic (exact) mass is 268 g/mol. The zero-order valence-corrected chi connectivity index (χ0v) is 12.2. The summed E-state index contributed by atoms with van der Waals surface area (Å²) in [6, 6.07) is 5.71. The molecule has 0 unspecified atom stereocenters. The summed E-state index contributed by atoms with van der Waals surface area (Å²) >= 11 is 0. The number of morpholine rings is 1. The van der Waals surface area contributed by atoms with Crippen molar-refractivity contribution in [1.82, 2.24) is 5.01 Å². The van der Waals surface area contributed by atoms with E-state index < -0.39 is 0 Å². The lowest BCUT2D eigenvalue weighted by atomic mass is 10.2. The van der Waals surface area contributed by atoms with Crippen molar-refractivity contribution in [3.8, 4) is 5.75 Å². The molecule has 2 rings (SSSR count). The molecular weight excluding hydrogens is 244 g/mol. The van der Waals surface area contributed by atoms with Gasteiger partial charge in [-0.2, -0.15) is 10.2 Å². The largest absolute Gasteiger partial charge is 0.494 e. The third kappa shape index (κ3) is 4.09. The van der Waals surface area contributed by atoms with Gasteiger partial charge in [-0.15, -0.1) is 0 Å². The second kappa shape index (κ2) is 7.99. The summed E-state index contributed by atoms with van der Waals surface area (Å²) in [7, 11) is 1.60. The van der Waals surface area contributed by atoms with Crippen molar-refractivity contribution in [2.45, 2.75) is 20.8 Å². The number of hydrogen-bond acceptors (Lipinski definition) is 5. The van der Waals surface area contributed by atoms with Crippen molar-refractivity contribution in [3.05, 3.63) is 23.8 Å². The van der Waals surface area contributed by atoms with Gasteiger partial charge in [0.15, 0.2) is 0 Å². The van der Waals surface area contributed by atoms with Gasteiger partial charge < -0.3 is 9.47 Å². The Morgan fingerprint density at radius 1 is 1.26 bits per heavy atom. The summed E-state index contributed by atoms with van der Waals surface area (Å²) in [6.45, 7) is 8.59. The fraction of sp³-hybridized carbons (Fsp3) is 0.571. The molecule has 5 nitrogen and oxygen atoms in total. The molecule has 1 aliphatic heterocycles. The van der Waals surface area contributed by atoms with Gasteiger partial charge in [0.25, 0.3) is 0 Å². The van der Waals surface area contributed by atoms with Gasteiger partial charge in [-0.3, -0.25) is 5.21 Å². The first-order valence-electron chi connectivity index (χ1n) is 6.68. The normalized spacial score (nSPS) is 15.4. The predicted octanol–water partition coefficient (Wildman–Crippen LogP) is 2.47. The number of ether oxygens (including phenoxy) is 2. The number of nitrogens with zero attached hydrogens (tertiary/aromatic N) is 2. The SMILES string of the molecule is CC.COc1ccc(C)cc1N(O)N1CCOCC1. The van der Waals surface area contributed by atoms with Crippen LogP contribution in [-0.2, 0) is 4.74 Å². The van der Waals surface area contributed by atoms with Crippen LogP contribution in [0.2, 0.25) is 0 Å². The van der Waals surface area contributed by atoms with Crippen LogP contribution in [0.1, 0.15) is 19.4 Å². The maximum Gasteiger partial charge on any atom is 0.146 e. The predicted molar refractivity (Wildman–Crippen MR) is 75.7 cm³/mol. The molecule has 0 aliphatic carbocycles. The maximum absolute atomic E-state index is 10.2. The van der Waals surface area contributed by atoms with Crippen LogP contribution in [0.25, 0.3) is 0 Å². The molecule has 0 bridgehead atoms. The molecular formula is C14H24N2O3. The zero-order chi connectivity index (χ0) is 14.3. The highest BCUT2D eigenvalue weighted by atomic mass is 16.6. The highest BCUT2D eigenvalue weighted by Gasteiger charge is 2.20. The smallest absolute Gasteiger partial charge is 0.146 e. The number of hydrazine groups is 1. The number of methoxy groups -OCH3 is 1. The van der Waals surface area contributed by atoms with E-state index >= 15 is 0 Å². The molecule has 0 amide bonds. The van der Waals surface area contributed by atoms with E-state index in [2.05, 4.69) is 0 Å². The standard InChI is InChI=1S/C12H18N2O3.C2H6/c1-10-3-4-12(16-2)11(9-10)14(15)13-5-7-17-8-6-13;1-2/h3-4,9,15H,5-8H2,1-2H3;1-2H3. The van der Waals surface area contributed by atoms with Crippen LogP contribution in [0.4, 0.5) is 5.69 Å². The quantitative estimate of drug-likeness (QED) is 0.853. The van der Waals surface area contributed by atoms with E-state index in [-0.39, 0.29) is 0 Å². The third-order valence-corrected chi connectivity index (χ3v) is 2.81. The fourth-order valence-electron chi connectivity index (χ4n) is 1.85. The van der Waals surface area contributed by atoms with E-state index in [9.17, 15) is 5.21 Å². The van der Waals surface area contributed by atoms with Gasteiger partial charge >= 0.3 is 0 Å². The van der Waals surface area contributed by atoms with Crippen molar-refractivity contribution < 1.29 is 14.7 Å². The van der Waals surface area contributed by atoms with Gasteiger partial charge in [0, 0.05) is 13.1 Å². The Kier molecular flexibility index (Phi) is 6.62. The molecule has 0 spiro atoms. The Bertz CT molecular complexity index is 379. The van der Waals surface area contributed by atoms with E-state index in [1.807, 2.05) is 44.0 Å². The highest BCUT2D eigenvalue weighted by Crippen LogP contribution is 2.29. The van der Waals surface area contributed by atoms with Crippen molar-refractivity contribution in [1.29, 1.82) is 0 Å². The second-order valence-electron chi connectivity index (χ2n) is 4.03. The van der Waals surface area contributed by atoms with E-state index in [0.29, 0.717) is 37.7 Å². The molecule has 1 saturated heterocycles. The molecule has 5 heteroatoms. The van der Waals surface area contributed by atoms with Gasteiger partial charge in [0.1, 0.15) is 11.4 Å². The number of rotatable bonds is 3. The molecule has 1 heterocycles. The molecule has 19 heavy (non-hydrogen) atoms. The van der Waals surface area contributed by atoms with Crippen LogP contribution in [0.3, 0.4) is 0 Å². The lowest BCUT2D eigenvalue weighted by Gasteiger charge is -2.34. The molecule has 0 atom stereocenters. The minimum Gasteiger partial charge on any atom is -0.494 e. The second-order valence-corrected chi connectivity index (χ2v) is 4.03. The molecule has 0 radical (unpaired) electrons. The van der Waals surface area contributed by atoms with Crippen LogP contribution in [0.15, 0.2) is 18.2 Å². The summed E-state index contributed by atoms with van der Waals surface area (Å²) in [5.74, 6) is 0.657. The van der Waals surface area contributed by atoms with Crippen molar-refractivity contribution in [3.63, 3.8) is 0 Å². The van der Waals surface area contributed by atoms with Crippen LogP contribution in [-0.4, -0.2) is 43.6 Å². The average Bonchev–Trinajstić information content (AvgIpc) is 2.49. The Hall–Kier alpha value is -1.30. The molecule has 1 aromatic rings. The molecule has 0 aromatic heterocycles. The van der Waals surface area contributed by atoms with Crippen LogP contribution in [0, 0.1) is 6.92 Å². The van der Waals surface area contributed by atoms with Crippen LogP contribution in [0.5, 0.6) is 5.75 Å². The summed E-state index contributed by atoms with van der Waals surface area (Å²) in [4.78, 5) is 0.